The number of amides is 1. The Balaban J connectivity index is 1.90. The first-order chi connectivity index (χ1) is 8.68. The number of hydrogen-bond acceptors (Lipinski definition) is 4. The number of imidazole rings is 1. The summed E-state index contributed by atoms with van der Waals surface area (Å²) >= 11 is 0. The highest BCUT2D eigenvalue weighted by Gasteiger charge is 2.10. The summed E-state index contributed by atoms with van der Waals surface area (Å²) in [6.45, 7) is 0.464. The van der Waals surface area contributed by atoms with Crippen LogP contribution in [0.2, 0.25) is 0 Å². The molecule has 6 nitrogen and oxygen atoms in total. The summed E-state index contributed by atoms with van der Waals surface area (Å²) in [5.74, 6) is 0.463. The number of hydrogen-bond donors (Lipinski definition) is 2. The van der Waals surface area contributed by atoms with E-state index >= 15 is 0 Å². The third-order valence-corrected chi connectivity index (χ3v) is 2.60. The van der Waals surface area contributed by atoms with Crippen LogP contribution in [-0.2, 0) is 13.5 Å². The minimum atomic E-state index is -0.316. The lowest BCUT2D eigenvalue weighted by Gasteiger charge is -2.06. The molecule has 6 heteroatoms. The van der Waals surface area contributed by atoms with Crippen LogP contribution in [0.1, 0.15) is 16.2 Å². The maximum Gasteiger partial charge on any atom is 0.255 e. The van der Waals surface area contributed by atoms with E-state index in [9.17, 15) is 9.90 Å². The van der Waals surface area contributed by atoms with Crippen molar-refractivity contribution >= 4 is 5.91 Å². The summed E-state index contributed by atoms with van der Waals surface area (Å²) in [5, 5.41) is 12.2. The number of rotatable bonds is 4. The van der Waals surface area contributed by atoms with Gasteiger partial charge in [-0.1, -0.05) is 0 Å². The predicted octanol–water partition coefficient (Wildman–Crippen LogP) is 0.493. The second-order valence-corrected chi connectivity index (χ2v) is 3.85. The van der Waals surface area contributed by atoms with Gasteiger partial charge in [0.2, 0.25) is 0 Å². The number of carbonyl (C=O) groups is 1. The van der Waals surface area contributed by atoms with Crippen LogP contribution in [0, 0.1) is 0 Å². The van der Waals surface area contributed by atoms with Crippen LogP contribution < -0.4 is 5.32 Å². The average Bonchev–Trinajstić information content (AvgIpc) is 2.75. The number of aromatic hydroxyl groups is 1. The van der Waals surface area contributed by atoms with Gasteiger partial charge in [-0.3, -0.25) is 9.78 Å². The Morgan fingerprint density at radius 1 is 1.50 bits per heavy atom. The second-order valence-electron chi connectivity index (χ2n) is 3.85. The Hall–Kier alpha value is -2.37. The summed E-state index contributed by atoms with van der Waals surface area (Å²) in [6, 6.07) is 1.48. The first kappa shape index (κ1) is 12.1. The Bertz CT molecular complexity index is 551. The van der Waals surface area contributed by atoms with Gasteiger partial charge in [0, 0.05) is 38.6 Å². The van der Waals surface area contributed by atoms with E-state index in [2.05, 4.69) is 15.3 Å². The molecule has 0 radical (unpaired) electrons. The number of pyridine rings is 1. The van der Waals surface area contributed by atoms with Crippen LogP contribution in [-0.4, -0.2) is 32.1 Å². The Labute approximate surface area is 104 Å². The monoisotopic (exact) mass is 246 g/mol. The van der Waals surface area contributed by atoms with Gasteiger partial charge in [0.05, 0.1) is 11.8 Å². The van der Waals surface area contributed by atoms with E-state index in [-0.39, 0.29) is 17.2 Å². The minimum absolute atomic E-state index is 0.119. The van der Waals surface area contributed by atoms with Crippen LogP contribution >= 0.6 is 0 Å². The van der Waals surface area contributed by atoms with Gasteiger partial charge in [0.25, 0.3) is 5.91 Å². The highest BCUT2D eigenvalue weighted by molar-refractivity contribution is 5.96. The van der Waals surface area contributed by atoms with Gasteiger partial charge in [-0.25, -0.2) is 4.98 Å². The summed E-state index contributed by atoms with van der Waals surface area (Å²) < 4.78 is 1.90. The summed E-state index contributed by atoms with van der Waals surface area (Å²) in [4.78, 5) is 19.6. The normalized spacial score (nSPS) is 10.3. The summed E-state index contributed by atoms with van der Waals surface area (Å²) in [6.07, 6.45) is 6.92. The van der Waals surface area contributed by atoms with Crippen molar-refractivity contribution in [3.05, 3.63) is 42.2 Å². The molecule has 2 heterocycles. The maximum atomic E-state index is 11.8. The molecular formula is C12H14N4O2. The molecule has 2 aromatic heterocycles. The fraction of sp³-hybridized carbons (Fsp3) is 0.250. The summed E-state index contributed by atoms with van der Waals surface area (Å²) in [7, 11) is 1.90. The third-order valence-electron chi connectivity index (χ3n) is 2.60. The van der Waals surface area contributed by atoms with Crippen LogP contribution in [0.15, 0.2) is 30.9 Å². The summed E-state index contributed by atoms with van der Waals surface area (Å²) in [5.41, 5.74) is 0.227. The fourth-order valence-corrected chi connectivity index (χ4v) is 1.60. The van der Waals surface area contributed by atoms with Crippen LogP contribution in [0.3, 0.4) is 0 Å². The topological polar surface area (TPSA) is 80.0 Å². The SMILES string of the molecule is Cn1ccnc1CCNC(=O)c1ccncc1O. The van der Waals surface area contributed by atoms with E-state index in [0.29, 0.717) is 13.0 Å². The molecule has 0 unspecified atom stereocenters. The van der Waals surface area contributed by atoms with Crippen LogP contribution in [0.5, 0.6) is 5.75 Å². The zero-order valence-electron chi connectivity index (χ0n) is 10.00. The largest absolute Gasteiger partial charge is 0.505 e. The zero-order valence-corrected chi connectivity index (χ0v) is 10.00. The van der Waals surface area contributed by atoms with Gasteiger partial charge >= 0.3 is 0 Å². The van der Waals surface area contributed by atoms with Gasteiger partial charge in [0.1, 0.15) is 11.6 Å². The fourth-order valence-electron chi connectivity index (χ4n) is 1.60. The lowest BCUT2D eigenvalue weighted by atomic mass is 10.2. The van der Waals surface area contributed by atoms with Crippen molar-refractivity contribution < 1.29 is 9.90 Å². The average molecular weight is 246 g/mol. The molecule has 0 aliphatic heterocycles. The highest BCUT2D eigenvalue weighted by atomic mass is 16.3. The standard InChI is InChI=1S/C12H14N4O2/c1-16-7-6-14-11(16)3-5-15-12(18)9-2-4-13-8-10(9)17/h2,4,6-8,17H,3,5H2,1H3,(H,15,18). The minimum Gasteiger partial charge on any atom is -0.505 e. The molecule has 0 aliphatic rings. The first-order valence-corrected chi connectivity index (χ1v) is 5.56. The molecule has 0 atom stereocenters. The molecule has 2 rings (SSSR count). The lowest BCUT2D eigenvalue weighted by molar-refractivity contribution is 0.0951. The van der Waals surface area contributed by atoms with Gasteiger partial charge in [-0.05, 0) is 6.07 Å². The molecule has 0 spiro atoms. The second kappa shape index (κ2) is 5.31. The number of nitrogens with one attached hydrogen (secondary N) is 1. The van der Waals surface area contributed by atoms with E-state index in [0.717, 1.165) is 5.82 Å². The molecule has 94 valence electrons. The highest BCUT2D eigenvalue weighted by Crippen LogP contribution is 2.13. The molecular weight excluding hydrogens is 232 g/mol. The van der Waals surface area contributed by atoms with Crippen LogP contribution in [0.25, 0.3) is 0 Å². The van der Waals surface area contributed by atoms with Crippen molar-refractivity contribution in [1.29, 1.82) is 0 Å². The molecule has 18 heavy (non-hydrogen) atoms. The molecule has 0 aliphatic carbocycles. The van der Waals surface area contributed by atoms with E-state index in [1.165, 1.54) is 18.5 Å². The van der Waals surface area contributed by atoms with Crippen molar-refractivity contribution in [3.63, 3.8) is 0 Å². The molecule has 0 saturated heterocycles. The zero-order chi connectivity index (χ0) is 13.0. The van der Waals surface area contributed by atoms with Crippen molar-refractivity contribution in [1.82, 2.24) is 19.9 Å². The molecule has 0 fully saturated rings. The van der Waals surface area contributed by atoms with E-state index < -0.39 is 0 Å². The molecule has 0 bridgehead atoms. The van der Waals surface area contributed by atoms with E-state index in [1.807, 2.05) is 17.8 Å². The molecule has 1 amide bonds. The molecule has 2 N–H and O–H groups in total. The predicted molar refractivity (Wildman–Crippen MR) is 65.1 cm³/mol. The number of aryl methyl sites for hydroxylation is 1. The lowest BCUT2D eigenvalue weighted by Crippen LogP contribution is -2.26. The Morgan fingerprint density at radius 2 is 2.33 bits per heavy atom. The molecule has 2 aromatic rings. The van der Waals surface area contributed by atoms with Gasteiger partial charge < -0.3 is 15.0 Å². The number of carbonyl (C=O) groups excluding carboxylic acids is 1. The van der Waals surface area contributed by atoms with E-state index in [1.54, 1.807) is 6.20 Å². The van der Waals surface area contributed by atoms with Crippen molar-refractivity contribution in [2.75, 3.05) is 6.54 Å². The van der Waals surface area contributed by atoms with Gasteiger partial charge in [0.15, 0.2) is 0 Å². The van der Waals surface area contributed by atoms with Gasteiger partial charge in [-0.15, -0.1) is 0 Å². The first-order valence-electron chi connectivity index (χ1n) is 5.56. The molecule has 0 saturated carbocycles. The number of aromatic nitrogens is 3. The smallest absolute Gasteiger partial charge is 0.255 e. The van der Waals surface area contributed by atoms with Crippen LogP contribution in [0.4, 0.5) is 0 Å². The Morgan fingerprint density at radius 3 is 3.00 bits per heavy atom. The number of nitrogens with zero attached hydrogens (tertiary/aromatic N) is 3. The third kappa shape index (κ3) is 2.65. The molecule has 0 aromatic carbocycles. The Kier molecular flexibility index (Phi) is 3.57. The van der Waals surface area contributed by atoms with E-state index in [4.69, 9.17) is 0 Å². The van der Waals surface area contributed by atoms with Crippen molar-refractivity contribution in [3.8, 4) is 5.75 Å². The van der Waals surface area contributed by atoms with Crippen molar-refractivity contribution in [2.45, 2.75) is 6.42 Å². The quantitative estimate of drug-likeness (QED) is 0.823. The maximum absolute atomic E-state index is 11.8. The van der Waals surface area contributed by atoms with Crippen molar-refractivity contribution in [2.24, 2.45) is 7.05 Å². The van der Waals surface area contributed by atoms with Gasteiger partial charge in [-0.2, -0.15) is 0 Å².